The number of benzene rings is 1. The average molecular weight is 370 g/mol. The summed E-state index contributed by atoms with van der Waals surface area (Å²) in [6.45, 7) is 3.71. The minimum atomic E-state index is -0.130. The molecule has 0 spiro atoms. The van der Waals surface area contributed by atoms with Crippen molar-refractivity contribution in [1.29, 1.82) is 0 Å². The number of nitrogens with zero attached hydrogens (tertiary/aromatic N) is 2. The number of urea groups is 1. The van der Waals surface area contributed by atoms with E-state index >= 15 is 0 Å². The lowest BCUT2D eigenvalue weighted by molar-refractivity contribution is -0.130. The van der Waals surface area contributed by atoms with E-state index in [4.69, 9.17) is 0 Å². The fraction of sp³-hybridized carbons (Fsp3) is 0.524. The maximum atomic E-state index is 11.9. The van der Waals surface area contributed by atoms with Crippen molar-refractivity contribution in [1.82, 2.24) is 20.1 Å². The van der Waals surface area contributed by atoms with Crippen LogP contribution < -0.4 is 10.6 Å². The number of hydrogen-bond donors (Lipinski definition) is 2. The molecular weight excluding hydrogens is 340 g/mol. The highest BCUT2D eigenvalue weighted by atomic mass is 16.2. The lowest BCUT2D eigenvalue weighted by Crippen LogP contribution is -2.38. The highest BCUT2D eigenvalue weighted by Crippen LogP contribution is 2.15. The number of amides is 3. The van der Waals surface area contributed by atoms with Crippen molar-refractivity contribution in [2.75, 3.05) is 26.2 Å². The lowest BCUT2D eigenvalue weighted by atomic mass is 10.2. The standard InChI is InChI=1S/C21H30N4O2/c26-20-10-2-1-5-14-25(20)16-7-13-23-21(27)22-12-6-15-24-17-11-18-8-3-4-9-19(18)24/h3-4,8-9,11,17H,1-2,5-7,10,12-16H2,(H2,22,23,27). The zero-order chi connectivity index (χ0) is 18.9. The molecule has 3 amide bonds. The van der Waals surface area contributed by atoms with Crippen molar-refractivity contribution in [2.45, 2.75) is 45.1 Å². The zero-order valence-electron chi connectivity index (χ0n) is 16.0. The Morgan fingerprint density at radius 3 is 2.59 bits per heavy atom. The molecule has 1 aliphatic rings. The molecule has 0 atom stereocenters. The molecular formula is C21H30N4O2. The van der Waals surface area contributed by atoms with Gasteiger partial charge < -0.3 is 20.1 Å². The van der Waals surface area contributed by atoms with Gasteiger partial charge in [0, 0.05) is 50.9 Å². The van der Waals surface area contributed by atoms with Crippen molar-refractivity contribution >= 4 is 22.8 Å². The van der Waals surface area contributed by atoms with Gasteiger partial charge in [-0.1, -0.05) is 24.6 Å². The van der Waals surface area contributed by atoms with E-state index in [0.717, 1.165) is 51.7 Å². The number of aromatic nitrogens is 1. The molecule has 2 N–H and O–H groups in total. The predicted octanol–water partition coefficient (Wildman–Crippen LogP) is 3.12. The molecule has 1 aromatic heterocycles. The number of aryl methyl sites for hydroxylation is 1. The maximum Gasteiger partial charge on any atom is 0.314 e. The van der Waals surface area contributed by atoms with Crippen LogP contribution in [-0.4, -0.2) is 47.6 Å². The van der Waals surface area contributed by atoms with Crippen molar-refractivity contribution < 1.29 is 9.59 Å². The second kappa shape index (κ2) is 10.00. The van der Waals surface area contributed by atoms with Gasteiger partial charge in [0.25, 0.3) is 0 Å². The topological polar surface area (TPSA) is 66.4 Å². The molecule has 3 rings (SSSR count). The molecule has 2 aromatic rings. The molecule has 1 aromatic carbocycles. The highest BCUT2D eigenvalue weighted by Gasteiger charge is 2.15. The summed E-state index contributed by atoms with van der Waals surface area (Å²) in [4.78, 5) is 25.7. The minimum absolute atomic E-state index is 0.130. The summed E-state index contributed by atoms with van der Waals surface area (Å²) < 4.78 is 2.22. The number of fused-ring (bicyclic) bond motifs is 1. The Morgan fingerprint density at radius 1 is 0.963 bits per heavy atom. The largest absolute Gasteiger partial charge is 0.347 e. The van der Waals surface area contributed by atoms with E-state index in [1.807, 2.05) is 17.0 Å². The van der Waals surface area contributed by atoms with Gasteiger partial charge >= 0.3 is 6.03 Å². The first kappa shape index (κ1) is 19.3. The van der Waals surface area contributed by atoms with Gasteiger partial charge in [-0.2, -0.15) is 0 Å². The normalized spacial score (nSPS) is 15.0. The molecule has 0 aliphatic carbocycles. The molecule has 6 heteroatoms. The summed E-state index contributed by atoms with van der Waals surface area (Å²) in [5.74, 6) is 0.259. The third-order valence-electron chi connectivity index (χ3n) is 5.10. The first-order chi connectivity index (χ1) is 13.2. The summed E-state index contributed by atoms with van der Waals surface area (Å²) >= 11 is 0. The number of carbonyl (C=O) groups excluding carboxylic acids is 2. The monoisotopic (exact) mass is 370 g/mol. The third-order valence-corrected chi connectivity index (χ3v) is 5.10. The van der Waals surface area contributed by atoms with Crippen LogP contribution in [0.15, 0.2) is 36.5 Å². The van der Waals surface area contributed by atoms with Gasteiger partial charge in [-0.25, -0.2) is 4.79 Å². The lowest BCUT2D eigenvalue weighted by Gasteiger charge is -2.20. The molecule has 0 saturated carbocycles. The smallest absolute Gasteiger partial charge is 0.314 e. The van der Waals surface area contributed by atoms with E-state index in [1.165, 1.54) is 10.9 Å². The van der Waals surface area contributed by atoms with Crippen LogP contribution in [-0.2, 0) is 11.3 Å². The Kier molecular flexibility index (Phi) is 7.13. The summed E-state index contributed by atoms with van der Waals surface area (Å²) in [6.07, 6.45) is 7.69. The Labute approximate surface area is 160 Å². The van der Waals surface area contributed by atoms with Crippen molar-refractivity contribution in [3.63, 3.8) is 0 Å². The first-order valence-electron chi connectivity index (χ1n) is 10.1. The summed E-state index contributed by atoms with van der Waals surface area (Å²) in [7, 11) is 0. The van der Waals surface area contributed by atoms with Crippen molar-refractivity contribution in [3.05, 3.63) is 36.5 Å². The molecule has 27 heavy (non-hydrogen) atoms. The molecule has 0 unspecified atom stereocenters. The Balaban J connectivity index is 1.27. The molecule has 1 fully saturated rings. The Bertz CT molecular complexity index is 755. The maximum absolute atomic E-state index is 11.9. The minimum Gasteiger partial charge on any atom is -0.347 e. The summed E-state index contributed by atoms with van der Waals surface area (Å²) in [5.41, 5.74) is 1.23. The second-order valence-electron chi connectivity index (χ2n) is 7.15. The quantitative estimate of drug-likeness (QED) is 0.701. The average Bonchev–Trinajstić information content (AvgIpc) is 2.98. The van der Waals surface area contributed by atoms with Crippen LogP contribution in [0.3, 0.4) is 0 Å². The molecule has 1 aliphatic heterocycles. The van der Waals surface area contributed by atoms with Crippen LogP contribution in [0.2, 0.25) is 0 Å². The van der Waals surface area contributed by atoms with Crippen LogP contribution in [0, 0.1) is 0 Å². The van der Waals surface area contributed by atoms with Gasteiger partial charge in [0.2, 0.25) is 5.91 Å². The molecule has 6 nitrogen and oxygen atoms in total. The molecule has 0 radical (unpaired) electrons. The second-order valence-corrected chi connectivity index (χ2v) is 7.15. The fourth-order valence-corrected chi connectivity index (χ4v) is 3.60. The SMILES string of the molecule is O=C(NCCCN1CCCCCC1=O)NCCCn1ccc2ccccc21. The number of rotatable bonds is 8. The van der Waals surface area contributed by atoms with E-state index in [0.29, 0.717) is 19.5 Å². The van der Waals surface area contributed by atoms with Crippen LogP contribution in [0.4, 0.5) is 4.79 Å². The zero-order valence-corrected chi connectivity index (χ0v) is 16.0. The molecule has 2 heterocycles. The summed E-state index contributed by atoms with van der Waals surface area (Å²) in [5, 5.41) is 7.03. The van der Waals surface area contributed by atoms with Gasteiger partial charge in [0.1, 0.15) is 0 Å². The van der Waals surface area contributed by atoms with Crippen LogP contribution >= 0.6 is 0 Å². The number of likely N-dealkylation sites (tertiary alicyclic amines) is 1. The van der Waals surface area contributed by atoms with Crippen molar-refractivity contribution in [2.24, 2.45) is 0 Å². The number of carbonyl (C=O) groups is 2. The highest BCUT2D eigenvalue weighted by molar-refractivity contribution is 5.80. The Hall–Kier alpha value is -2.50. The number of nitrogens with one attached hydrogen (secondary N) is 2. The van der Waals surface area contributed by atoms with Gasteiger partial charge in [0.15, 0.2) is 0 Å². The van der Waals surface area contributed by atoms with E-state index in [9.17, 15) is 9.59 Å². The molecule has 1 saturated heterocycles. The molecule has 146 valence electrons. The van der Waals surface area contributed by atoms with Gasteiger partial charge in [-0.15, -0.1) is 0 Å². The van der Waals surface area contributed by atoms with Gasteiger partial charge in [-0.05, 0) is 43.2 Å². The molecule has 0 bridgehead atoms. The first-order valence-corrected chi connectivity index (χ1v) is 10.1. The van der Waals surface area contributed by atoms with Crippen LogP contribution in [0.1, 0.15) is 38.5 Å². The van der Waals surface area contributed by atoms with Crippen LogP contribution in [0.25, 0.3) is 10.9 Å². The number of hydrogen-bond acceptors (Lipinski definition) is 2. The van der Waals surface area contributed by atoms with E-state index in [2.05, 4.69) is 39.6 Å². The van der Waals surface area contributed by atoms with E-state index in [-0.39, 0.29) is 11.9 Å². The Morgan fingerprint density at radius 2 is 1.74 bits per heavy atom. The fourth-order valence-electron chi connectivity index (χ4n) is 3.60. The van der Waals surface area contributed by atoms with E-state index in [1.54, 1.807) is 0 Å². The van der Waals surface area contributed by atoms with E-state index < -0.39 is 0 Å². The van der Waals surface area contributed by atoms with Crippen molar-refractivity contribution in [3.8, 4) is 0 Å². The predicted molar refractivity (Wildman–Crippen MR) is 108 cm³/mol. The van der Waals surface area contributed by atoms with Gasteiger partial charge in [-0.3, -0.25) is 4.79 Å². The van der Waals surface area contributed by atoms with Gasteiger partial charge in [0.05, 0.1) is 0 Å². The number of para-hydroxylation sites is 1. The summed E-state index contributed by atoms with van der Waals surface area (Å²) in [6, 6.07) is 10.3. The van der Waals surface area contributed by atoms with Crippen LogP contribution in [0.5, 0.6) is 0 Å². The third kappa shape index (κ3) is 5.74.